The lowest BCUT2D eigenvalue weighted by molar-refractivity contribution is -0.945. The fourth-order valence-corrected chi connectivity index (χ4v) is 3.24. The number of rotatable bonds is 3. The molecule has 2 saturated heterocycles. The Kier molecular flexibility index (Phi) is 7.13. The van der Waals surface area contributed by atoms with Crippen LogP contribution in [0.15, 0.2) is 0 Å². The highest BCUT2D eigenvalue weighted by atomic mass is 35.5. The maximum Gasteiger partial charge on any atom is 0.0958 e. The Morgan fingerprint density at radius 1 is 1.13 bits per heavy atom. The second kappa shape index (κ2) is 6.92. The largest absolute Gasteiger partial charge is 1.00 e. The number of nitrogens with one attached hydrogen (secondary N) is 1. The minimum Gasteiger partial charge on any atom is -1.00 e. The van der Waals surface area contributed by atoms with E-state index < -0.39 is 0 Å². The van der Waals surface area contributed by atoms with Crippen molar-refractivity contribution in [3.63, 3.8) is 0 Å². The highest BCUT2D eigenvalue weighted by Crippen LogP contribution is 2.20. The molecule has 0 aromatic rings. The average molecular weight is 257 g/mol. The Morgan fingerprint density at radius 2 is 1.67 bits per heavy atom. The molecule has 92 valence electrons. The Labute approximate surface area is 104 Å². The number of halogens is 2. The first-order valence-electron chi connectivity index (χ1n) is 5.60. The Balaban J connectivity index is 0.000000980. The first-order valence-corrected chi connectivity index (χ1v) is 5.60. The van der Waals surface area contributed by atoms with E-state index in [1.807, 2.05) is 0 Å². The van der Waals surface area contributed by atoms with Crippen LogP contribution in [-0.4, -0.2) is 36.4 Å². The van der Waals surface area contributed by atoms with Crippen LogP contribution in [0.1, 0.15) is 32.1 Å². The van der Waals surface area contributed by atoms with E-state index in [1.54, 1.807) is 4.90 Å². The molecule has 3 nitrogen and oxygen atoms in total. The van der Waals surface area contributed by atoms with Crippen LogP contribution < -0.4 is 35.4 Å². The quantitative estimate of drug-likeness (QED) is 0.462. The lowest BCUT2D eigenvalue weighted by Gasteiger charge is -2.33. The molecule has 0 aliphatic carbocycles. The standard InChI is InChI=1S/C10H20N2O.2ClH/c11-8-6-9-2-3-10(7-8)12(9)4-1-5-13;;/h8-10,13H,1-7,11H2;2*1H/t8?,9-,10+;;. The summed E-state index contributed by atoms with van der Waals surface area (Å²) in [5.41, 5.74) is 4.19. The molecule has 0 aromatic carbocycles. The van der Waals surface area contributed by atoms with E-state index in [9.17, 15) is 0 Å². The zero-order valence-electron chi connectivity index (χ0n) is 9.09. The molecular weight excluding hydrogens is 235 g/mol. The molecule has 4 atom stereocenters. The molecule has 2 heterocycles. The summed E-state index contributed by atoms with van der Waals surface area (Å²) < 4.78 is 0. The summed E-state index contributed by atoms with van der Waals surface area (Å²) in [7, 11) is 0. The summed E-state index contributed by atoms with van der Waals surface area (Å²) in [6.07, 6.45) is 6.41. The van der Waals surface area contributed by atoms with Gasteiger partial charge >= 0.3 is 0 Å². The fraction of sp³-hybridized carbons (Fsp3) is 1.00. The van der Waals surface area contributed by atoms with E-state index in [0.717, 1.165) is 18.5 Å². The molecule has 2 aliphatic heterocycles. The van der Waals surface area contributed by atoms with Crippen LogP contribution in [0.4, 0.5) is 0 Å². The third-order valence-electron chi connectivity index (χ3n) is 3.77. The van der Waals surface area contributed by atoms with Crippen molar-refractivity contribution in [2.75, 3.05) is 13.2 Å². The number of hydrogen-bond donors (Lipinski definition) is 3. The van der Waals surface area contributed by atoms with E-state index in [4.69, 9.17) is 5.11 Å². The lowest BCUT2D eigenvalue weighted by Crippen LogP contribution is -3.18. The number of piperidine rings is 1. The van der Waals surface area contributed by atoms with E-state index >= 15 is 0 Å². The zero-order chi connectivity index (χ0) is 9.26. The molecule has 2 rings (SSSR count). The van der Waals surface area contributed by atoms with Gasteiger partial charge in [0.05, 0.1) is 37.5 Å². The van der Waals surface area contributed by atoms with Gasteiger partial charge in [-0.05, 0) is 0 Å². The van der Waals surface area contributed by atoms with E-state index in [0.29, 0.717) is 12.6 Å². The number of aliphatic hydroxyl groups excluding tert-OH is 1. The SMILES string of the molecule is [Cl-].[Cl-].[NH3+]C1C[C@H]2CC[C@@H](C1)[NH+]2CCCO. The second-order valence-electron chi connectivity index (χ2n) is 4.71. The molecule has 0 saturated carbocycles. The Hall–Kier alpha value is 0.460. The van der Waals surface area contributed by atoms with Gasteiger partial charge in [0.25, 0.3) is 0 Å². The van der Waals surface area contributed by atoms with Gasteiger partial charge in [0.1, 0.15) is 0 Å². The maximum absolute atomic E-state index is 8.82. The van der Waals surface area contributed by atoms with Gasteiger partial charge < -0.3 is 40.6 Å². The minimum atomic E-state index is 0. The number of fused-ring (bicyclic) bond motifs is 2. The molecule has 2 fully saturated rings. The summed E-state index contributed by atoms with van der Waals surface area (Å²) in [5.74, 6) is 0. The van der Waals surface area contributed by atoms with E-state index in [-0.39, 0.29) is 24.8 Å². The number of aliphatic hydroxyl groups is 1. The third-order valence-corrected chi connectivity index (χ3v) is 3.77. The van der Waals surface area contributed by atoms with Crippen molar-refractivity contribution in [2.24, 2.45) is 0 Å². The van der Waals surface area contributed by atoms with Crippen LogP contribution in [0.2, 0.25) is 0 Å². The van der Waals surface area contributed by atoms with Crippen molar-refractivity contribution in [1.82, 2.24) is 0 Å². The van der Waals surface area contributed by atoms with Gasteiger partial charge in [-0.1, -0.05) is 0 Å². The monoisotopic (exact) mass is 256 g/mol. The van der Waals surface area contributed by atoms with Crippen molar-refractivity contribution in [2.45, 2.75) is 50.2 Å². The topological polar surface area (TPSA) is 52.3 Å². The molecule has 2 aliphatic rings. The molecule has 5 N–H and O–H groups in total. The van der Waals surface area contributed by atoms with Gasteiger partial charge in [0.15, 0.2) is 0 Å². The van der Waals surface area contributed by atoms with E-state index in [1.165, 1.54) is 32.2 Å². The van der Waals surface area contributed by atoms with Gasteiger partial charge in [-0.25, -0.2) is 0 Å². The van der Waals surface area contributed by atoms with Gasteiger partial charge in [0, 0.05) is 25.9 Å². The zero-order valence-corrected chi connectivity index (χ0v) is 10.6. The predicted molar refractivity (Wildman–Crippen MR) is 50.3 cm³/mol. The number of hydrogen-bond acceptors (Lipinski definition) is 1. The summed E-state index contributed by atoms with van der Waals surface area (Å²) >= 11 is 0. The highest BCUT2D eigenvalue weighted by molar-refractivity contribution is 4.81. The van der Waals surface area contributed by atoms with Gasteiger partial charge in [-0.3, -0.25) is 0 Å². The van der Waals surface area contributed by atoms with E-state index in [2.05, 4.69) is 5.73 Å². The first-order chi connectivity index (χ1) is 6.31. The average Bonchev–Trinajstić information content (AvgIpc) is 2.33. The van der Waals surface area contributed by atoms with Crippen LogP contribution in [0.3, 0.4) is 0 Å². The van der Waals surface area contributed by atoms with Crippen LogP contribution >= 0.6 is 0 Å². The number of quaternary nitrogens is 2. The summed E-state index contributed by atoms with van der Waals surface area (Å²) in [4.78, 5) is 1.77. The molecule has 15 heavy (non-hydrogen) atoms. The van der Waals surface area contributed by atoms with Crippen LogP contribution in [0, 0.1) is 0 Å². The summed E-state index contributed by atoms with van der Waals surface area (Å²) in [6.45, 7) is 1.54. The fourth-order valence-electron chi connectivity index (χ4n) is 3.24. The van der Waals surface area contributed by atoms with Crippen LogP contribution in [-0.2, 0) is 0 Å². The lowest BCUT2D eigenvalue weighted by atomic mass is 9.98. The smallest absolute Gasteiger partial charge is 0.0958 e. The summed E-state index contributed by atoms with van der Waals surface area (Å²) in [5, 5.41) is 8.82. The molecule has 0 spiro atoms. The first kappa shape index (κ1) is 15.5. The molecule has 5 heteroatoms. The van der Waals surface area contributed by atoms with Crippen molar-refractivity contribution in [3.05, 3.63) is 0 Å². The Morgan fingerprint density at radius 3 is 2.13 bits per heavy atom. The van der Waals surface area contributed by atoms with Crippen LogP contribution in [0.5, 0.6) is 0 Å². The predicted octanol–water partition coefficient (Wildman–Crippen LogP) is -7.80. The molecule has 2 bridgehead atoms. The normalized spacial score (nSPS) is 38.0. The summed E-state index contributed by atoms with van der Waals surface area (Å²) in [6, 6.07) is 2.44. The molecule has 0 radical (unpaired) electrons. The molecule has 2 unspecified atom stereocenters. The van der Waals surface area contributed by atoms with Gasteiger partial charge in [-0.15, -0.1) is 0 Å². The molecular formula is C10H22Cl2N2O. The second-order valence-corrected chi connectivity index (χ2v) is 4.71. The van der Waals surface area contributed by atoms with Gasteiger partial charge in [0.2, 0.25) is 0 Å². The minimum absolute atomic E-state index is 0. The molecule has 0 amide bonds. The molecule has 0 aromatic heterocycles. The highest BCUT2D eigenvalue weighted by Gasteiger charge is 2.44. The van der Waals surface area contributed by atoms with Crippen molar-refractivity contribution < 1.29 is 40.6 Å². The van der Waals surface area contributed by atoms with Crippen LogP contribution in [0.25, 0.3) is 0 Å². The van der Waals surface area contributed by atoms with Crippen molar-refractivity contribution in [3.8, 4) is 0 Å². The maximum atomic E-state index is 8.82. The third kappa shape index (κ3) is 3.46. The van der Waals surface area contributed by atoms with Gasteiger partial charge in [-0.2, -0.15) is 0 Å². The van der Waals surface area contributed by atoms with Crippen molar-refractivity contribution >= 4 is 0 Å². The van der Waals surface area contributed by atoms with Crippen molar-refractivity contribution in [1.29, 1.82) is 0 Å². The Bertz CT molecular complexity index is 169.